The minimum absolute atomic E-state index is 0.0827. The van der Waals surface area contributed by atoms with Gasteiger partial charge in [0.15, 0.2) is 0 Å². The van der Waals surface area contributed by atoms with Crippen molar-refractivity contribution in [2.24, 2.45) is 0 Å². The van der Waals surface area contributed by atoms with Crippen molar-refractivity contribution in [2.75, 3.05) is 50.4 Å². The van der Waals surface area contributed by atoms with Crippen LogP contribution in [0.1, 0.15) is 11.1 Å². The van der Waals surface area contributed by atoms with Gasteiger partial charge in [0.05, 0.1) is 12.1 Å². The number of fused-ring (bicyclic) bond motifs is 1. The average molecular weight is 523 g/mol. The molecule has 0 radical (unpaired) electrons. The first-order chi connectivity index (χ1) is 18.2. The molecule has 0 atom stereocenters. The van der Waals surface area contributed by atoms with Crippen LogP contribution < -0.4 is 10.6 Å². The van der Waals surface area contributed by atoms with E-state index >= 15 is 0 Å². The van der Waals surface area contributed by atoms with E-state index in [9.17, 15) is 18.0 Å². The van der Waals surface area contributed by atoms with Crippen molar-refractivity contribution in [3.8, 4) is 11.1 Å². The van der Waals surface area contributed by atoms with Gasteiger partial charge in [-0.3, -0.25) is 9.69 Å². The number of aromatic nitrogens is 2. The quantitative estimate of drug-likeness (QED) is 0.317. The molecule has 5 rings (SSSR count). The molecule has 198 valence electrons. The second-order valence-corrected chi connectivity index (χ2v) is 9.57. The molecule has 10 heteroatoms. The number of halogens is 3. The highest BCUT2D eigenvalue weighted by atomic mass is 19.4. The predicted molar refractivity (Wildman–Crippen MR) is 143 cm³/mol. The van der Waals surface area contributed by atoms with E-state index in [0.717, 1.165) is 60.1 Å². The van der Waals surface area contributed by atoms with Gasteiger partial charge in [-0.1, -0.05) is 18.2 Å². The zero-order valence-corrected chi connectivity index (χ0v) is 21.0. The Morgan fingerprint density at radius 3 is 2.45 bits per heavy atom. The number of anilines is 2. The summed E-state index contributed by atoms with van der Waals surface area (Å²) in [4.78, 5) is 24.1. The number of aromatic amines is 1. The van der Waals surface area contributed by atoms with Crippen LogP contribution >= 0.6 is 0 Å². The average Bonchev–Trinajstić information content (AvgIpc) is 3.37. The first kappa shape index (κ1) is 25.7. The molecular weight excluding hydrogens is 493 g/mol. The van der Waals surface area contributed by atoms with Crippen LogP contribution in [0.15, 0.2) is 67.0 Å². The van der Waals surface area contributed by atoms with Crippen LogP contribution in [-0.2, 0) is 17.5 Å². The SMILES string of the molecule is CN1CCN(Cc2ccc(NC(=O)CNc3ccc(-c4cnc5[nH]ccc5c4)cc3)cc2C(F)(F)F)CC1. The van der Waals surface area contributed by atoms with E-state index < -0.39 is 17.6 Å². The summed E-state index contributed by atoms with van der Waals surface area (Å²) >= 11 is 0. The highest BCUT2D eigenvalue weighted by Crippen LogP contribution is 2.34. The number of likely N-dealkylation sites (N-methyl/N-ethyl adjacent to an activating group) is 1. The highest BCUT2D eigenvalue weighted by Gasteiger charge is 2.34. The van der Waals surface area contributed by atoms with Crippen LogP contribution in [0.5, 0.6) is 0 Å². The van der Waals surface area contributed by atoms with Crippen LogP contribution in [0.2, 0.25) is 0 Å². The molecule has 3 N–H and O–H groups in total. The number of carbonyl (C=O) groups is 1. The maximum Gasteiger partial charge on any atom is 0.416 e. The molecule has 0 saturated carbocycles. The summed E-state index contributed by atoms with van der Waals surface area (Å²) in [6.45, 7) is 3.23. The summed E-state index contributed by atoms with van der Waals surface area (Å²) in [7, 11) is 2.00. The Morgan fingerprint density at radius 1 is 0.974 bits per heavy atom. The van der Waals surface area contributed by atoms with E-state index in [4.69, 9.17) is 0 Å². The van der Waals surface area contributed by atoms with E-state index in [1.54, 1.807) is 6.20 Å². The van der Waals surface area contributed by atoms with Crippen LogP contribution in [-0.4, -0.2) is 65.4 Å². The molecule has 1 amide bonds. The molecule has 2 aromatic carbocycles. The first-order valence-electron chi connectivity index (χ1n) is 12.4. The fourth-order valence-electron chi connectivity index (χ4n) is 4.57. The van der Waals surface area contributed by atoms with Crippen molar-refractivity contribution < 1.29 is 18.0 Å². The number of H-pyrrole nitrogens is 1. The predicted octanol–water partition coefficient (Wildman–Crippen LogP) is 5.05. The van der Waals surface area contributed by atoms with E-state index in [1.165, 1.54) is 12.1 Å². The molecule has 0 bridgehead atoms. The molecule has 7 nitrogen and oxygen atoms in total. The molecule has 0 spiro atoms. The van der Waals surface area contributed by atoms with Crippen molar-refractivity contribution in [3.05, 3.63) is 78.1 Å². The van der Waals surface area contributed by atoms with Gasteiger partial charge in [-0.05, 0) is 54.6 Å². The van der Waals surface area contributed by atoms with Gasteiger partial charge in [0, 0.05) is 67.4 Å². The van der Waals surface area contributed by atoms with E-state index in [2.05, 4.69) is 25.5 Å². The Bertz CT molecular complexity index is 1410. The van der Waals surface area contributed by atoms with Gasteiger partial charge in [-0.2, -0.15) is 13.2 Å². The number of hydrogen-bond acceptors (Lipinski definition) is 5. The monoisotopic (exact) mass is 522 g/mol. The maximum atomic E-state index is 13.8. The molecule has 2 aromatic heterocycles. The van der Waals surface area contributed by atoms with E-state index in [-0.39, 0.29) is 24.3 Å². The highest BCUT2D eigenvalue weighted by molar-refractivity contribution is 5.94. The summed E-state index contributed by atoms with van der Waals surface area (Å²) in [5, 5.41) is 6.61. The molecule has 1 aliphatic heterocycles. The number of alkyl halides is 3. The first-order valence-corrected chi connectivity index (χ1v) is 12.4. The number of hydrogen-bond donors (Lipinski definition) is 3. The van der Waals surface area contributed by atoms with Gasteiger partial charge in [-0.15, -0.1) is 0 Å². The van der Waals surface area contributed by atoms with Gasteiger partial charge in [0.25, 0.3) is 0 Å². The lowest BCUT2D eigenvalue weighted by atomic mass is 10.0. The van der Waals surface area contributed by atoms with Crippen LogP contribution in [0.25, 0.3) is 22.2 Å². The molecule has 0 unspecified atom stereocenters. The minimum Gasteiger partial charge on any atom is -0.376 e. The topological polar surface area (TPSA) is 76.3 Å². The third-order valence-electron chi connectivity index (χ3n) is 6.76. The zero-order valence-electron chi connectivity index (χ0n) is 21.0. The summed E-state index contributed by atoms with van der Waals surface area (Å²) < 4.78 is 41.4. The fraction of sp³-hybridized carbons (Fsp3) is 0.286. The lowest BCUT2D eigenvalue weighted by molar-refractivity contribution is -0.138. The Balaban J connectivity index is 1.19. The van der Waals surface area contributed by atoms with Gasteiger partial charge >= 0.3 is 6.18 Å². The number of pyridine rings is 1. The smallest absolute Gasteiger partial charge is 0.376 e. The van der Waals surface area contributed by atoms with Crippen molar-refractivity contribution in [1.29, 1.82) is 0 Å². The Hall–Kier alpha value is -3.89. The maximum absolute atomic E-state index is 13.8. The third-order valence-corrected chi connectivity index (χ3v) is 6.76. The number of carbonyl (C=O) groups excluding carboxylic acids is 1. The normalized spacial score (nSPS) is 15.1. The van der Waals surface area contributed by atoms with E-state index in [1.807, 2.05) is 54.5 Å². The number of rotatable bonds is 7. The largest absolute Gasteiger partial charge is 0.416 e. The summed E-state index contributed by atoms with van der Waals surface area (Å²) in [6, 6.07) is 15.5. The van der Waals surface area contributed by atoms with Gasteiger partial charge in [0.1, 0.15) is 5.65 Å². The fourth-order valence-corrected chi connectivity index (χ4v) is 4.57. The second-order valence-electron chi connectivity index (χ2n) is 9.57. The lowest BCUT2D eigenvalue weighted by Crippen LogP contribution is -2.44. The van der Waals surface area contributed by atoms with Crippen molar-refractivity contribution >= 4 is 28.3 Å². The lowest BCUT2D eigenvalue weighted by Gasteiger charge is -2.33. The van der Waals surface area contributed by atoms with Gasteiger partial charge < -0.3 is 20.5 Å². The molecule has 1 saturated heterocycles. The molecule has 4 aromatic rings. The number of nitrogens with zero attached hydrogens (tertiary/aromatic N) is 3. The molecule has 1 aliphatic rings. The second kappa shape index (κ2) is 10.8. The number of benzene rings is 2. The Labute approximate surface area is 218 Å². The summed E-state index contributed by atoms with van der Waals surface area (Å²) in [6.07, 6.45) is -0.878. The summed E-state index contributed by atoms with van der Waals surface area (Å²) in [5.41, 5.74) is 3.11. The Kier molecular flexibility index (Phi) is 7.35. The van der Waals surface area contributed by atoms with Crippen molar-refractivity contribution in [3.63, 3.8) is 0 Å². The Morgan fingerprint density at radius 2 is 1.71 bits per heavy atom. The minimum atomic E-state index is -4.51. The number of nitrogens with one attached hydrogen (secondary N) is 3. The van der Waals surface area contributed by atoms with Gasteiger partial charge in [-0.25, -0.2) is 4.98 Å². The van der Waals surface area contributed by atoms with E-state index in [0.29, 0.717) is 0 Å². The van der Waals surface area contributed by atoms with Crippen molar-refractivity contribution in [1.82, 2.24) is 19.8 Å². The summed E-state index contributed by atoms with van der Waals surface area (Å²) in [5.74, 6) is -0.434. The standard InChI is InChI=1S/C28H29F3N6O/c1-36-10-12-37(13-11-36)18-21-4-7-24(15-25(21)28(29,30)31)35-26(38)17-33-23-5-2-19(3-6-23)22-14-20-8-9-32-27(20)34-16-22/h2-9,14-16,33H,10-13,17-18H2,1H3,(H,32,34)(H,35,38). The zero-order chi connectivity index (χ0) is 26.7. The van der Waals surface area contributed by atoms with Crippen LogP contribution in [0.4, 0.5) is 24.5 Å². The van der Waals surface area contributed by atoms with Crippen LogP contribution in [0.3, 0.4) is 0 Å². The molecule has 1 fully saturated rings. The number of piperazine rings is 1. The molecule has 3 heterocycles. The molecule has 0 aliphatic carbocycles. The molecular formula is C28H29F3N6O. The number of amides is 1. The van der Waals surface area contributed by atoms with Crippen molar-refractivity contribution in [2.45, 2.75) is 12.7 Å². The third kappa shape index (κ3) is 6.15. The van der Waals surface area contributed by atoms with Crippen LogP contribution in [0, 0.1) is 0 Å². The van der Waals surface area contributed by atoms with Gasteiger partial charge in [0.2, 0.25) is 5.91 Å². The molecule has 38 heavy (non-hydrogen) atoms.